The smallest absolute Gasteiger partial charge is 0.149 e. The highest BCUT2D eigenvalue weighted by Gasteiger charge is 2.16. The van der Waals surface area contributed by atoms with Crippen LogP contribution < -0.4 is 0 Å². The Morgan fingerprint density at radius 3 is 2.62 bits per heavy atom. The van der Waals surface area contributed by atoms with Crippen LogP contribution in [-0.2, 0) is 24.2 Å². The summed E-state index contributed by atoms with van der Waals surface area (Å²) in [5.74, 6) is 0.717. The van der Waals surface area contributed by atoms with E-state index in [0.717, 1.165) is 33.7 Å². The fourth-order valence-corrected chi connectivity index (χ4v) is 3.59. The van der Waals surface area contributed by atoms with Crippen molar-refractivity contribution in [2.45, 2.75) is 38.1 Å². The Morgan fingerprint density at radius 1 is 1.29 bits per heavy atom. The molecule has 21 heavy (non-hydrogen) atoms. The van der Waals surface area contributed by atoms with Gasteiger partial charge in [-0.15, -0.1) is 11.8 Å². The van der Waals surface area contributed by atoms with Crippen LogP contribution >= 0.6 is 27.7 Å². The van der Waals surface area contributed by atoms with Crippen molar-refractivity contribution in [3.8, 4) is 0 Å². The van der Waals surface area contributed by atoms with E-state index in [1.807, 2.05) is 41.9 Å². The van der Waals surface area contributed by atoms with Crippen molar-refractivity contribution in [1.29, 1.82) is 0 Å². The second-order valence-electron chi connectivity index (χ2n) is 4.69. The number of hydrogen-bond donors (Lipinski definition) is 0. The monoisotopic (exact) mass is 366 g/mol. The average molecular weight is 367 g/mol. The Kier molecular flexibility index (Phi) is 6.06. The van der Waals surface area contributed by atoms with Crippen LogP contribution in [0.2, 0.25) is 0 Å². The molecule has 2 rings (SSSR count). The van der Waals surface area contributed by atoms with Crippen molar-refractivity contribution >= 4 is 33.5 Å². The number of aryl methyl sites for hydroxylation is 2. The highest BCUT2D eigenvalue weighted by atomic mass is 79.9. The lowest BCUT2D eigenvalue weighted by atomic mass is 10.2. The van der Waals surface area contributed by atoms with Crippen LogP contribution in [0.15, 0.2) is 39.7 Å². The van der Waals surface area contributed by atoms with Gasteiger partial charge in [-0.2, -0.15) is 5.10 Å². The molecular weight excluding hydrogens is 348 g/mol. The summed E-state index contributed by atoms with van der Waals surface area (Å²) in [6.45, 7) is 4.91. The molecule has 112 valence electrons. The van der Waals surface area contributed by atoms with Gasteiger partial charge in [0.05, 0.1) is 28.0 Å². The molecule has 0 fully saturated rings. The topological polar surface area (TPSA) is 34.9 Å². The molecule has 0 aliphatic heterocycles. The van der Waals surface area contributed by atoms with Crippen LogP contribution in [0.4, 0.5) is 0 Å². The Morgan fingerprint density at radius 2 is 2.00 bits per heavy atom. The third-order valence-corrected chi connectivity index (χ3v) is 5.19. The van der Waals surface area contributed by atoms with Gasteiger partial charge < -0.3 is 0 Å². The summed E-state index contributed by atoms with van der Waals surface area (Å²) >= 11 is 5.17. The normalized spacial score (nSPS) is 10.8. The zero-order chi connectivity index (χ0) is 15.2. The van der Waals surface area contributed by atoms with E-state index >= 15 is 0 Å². The molecule has 0 bridgehead atoms. The first-order valence-electron chi connectivity index (χ1n) is 7.09. The van der Waals surface area contributed by atoms with Gasteiger partial charge in [0.15, 0.2) is 0 Å². The first-order valence-corrected chi connectivity index (χ1v) is 8.87. The Bertz CT molecular complexity index is 610. The molecule has 0 aliphatic carbocycles. The lowest BCUT2D eigenvalue weighted by molar-refractivity contribution is -0.116. The molecule has 0 spiro atoms. The molecule has 5 heteroatoms. The summed E-state index contributed by atoms with van der Waals surface area (Å²) in [7, 11) is 0. The van der Waals surface area contributed by atoms with Crippen molar-refractivity contribution in [1.82, 2.24) is 9.78 Å². The number of halogens is 1. The van der Waals surface area contributed by atoms with E-state index in [-0.39, 0.29) is 5.78 Å². The van der Waals surface area contributed by atoms with Crippen LogP contribution in [0.1, 0.15) is 25.2 Å². The van der Waals surface area contributed by atoms with Crippen LogP contribution in [0.5, 0.6) is 0 Å². The Hall–Kier alpha value is -1.07. The molecule has 0 saturated carbocycles. The number of aromatic nitrogens is 2. The second-order valence-corrected chi connectivity index (χ2v) is 6.54. The van der Waals surface area contributed by atoms with Crippen molar-refractivity contribution in [2.24, 2.45) is 0 Å². The van der Waals surface area contributed by atoms with Crippen molar-refractivity contribution in [3.05, 3.63) is 46.2 Å². The number of carbonyl (C=O) groups is 1. The molecule has 2 aromatic rings. The number of rotatable bonds is 7. The van der Waals surface area contributed by atoms with Gasteiger partial charge in [0.2, 0.25) is 0 Å². The van der Waals surface area contributed by atoms with E-state index in [4.69, 9.17) is 0 Å². The summed E-state index contributed by atoms with van der Waals surface area (Å²) in [4.78, 5) is 13.3. The number of hydrogen-bond acceptors (Lipinski definition) is 3. The number of thioether (sulfide) groups is 1. The van der Waals surface area contributed by atoms with Crippen molar-refractivity contribution in [3.63, 3.8) is 0 Å². The number of Topliss-reactive ketones (excluding diaryl/α,β-unsaturated/α-hetero) is 1. The molecule has 0 radical (unpaired) electrons. The predicted molar refractivity (Wildman–Crippen MR) is 90.9 cm³/mol. The summed E-state index contributed by atoms with van der Waals surface area (Å²) < 4.78 is 2.92. The van der Waals surface area contributed by atoms with Crippen LogP contribution in [0.3, 0.4) is 0 Å². The molecule has 0 N–H and O–H groups in total. The summed E-state index contributed by atoms with van der Waals surface area (Å²) in [6, 6.07) is 10.0. The quantitative estimate of drug-likeness (QED) is 0.690. The minimum atomic E-state index is 0.224. The van der Waals surface area contributed by atoms with Gasteiger partial charge in [0, 0.05) is 11.4 Å². The minimum absolute atomic E-state index is 0.224. The summed E-state index contributed by atoms with van der Waals surface area (Å²) in [6.07, 6.45) is 1.30. The number of carbonyl (C=O) groups excluding carboxylic acids is 1. The van der Waals surface area contributed by atoms with Gasteiger partial charge in [-0.05, 0) is 41.4 Å². The molecule has 1 heterocycles. The zero-order valence-electron chi connectivity index (χ0n) is 12.3. The van der Waals surface area contributed by atoms with E-state index in [0.29, 0.717) is 12.2 Å². The fraction of sp³-hybridized carbons (Fsp3) is 0.375. The third-order valence-electron chi connectivity index (χ3n) is 3.20. The highest BCUT2D eigenvalue weighted by Crippen LogP contribution is 2.24. The molecular formula is C16H19BrN2OS. The average Bonchev–Trinajstić information content (AvgIpc) is 2.82. The predicted octanol–water partition coefficient (Wildman–Crippen LogP) is 4.13. The number of ketones is 1. The minimum Gasteiger partial charge on any atom is -0.298 e. The van der Waals surface area contributed by atoms with Gasteiger partial charge >= 0.3 is 0 Å². The van der Waals surface area contributed by atoms with Crippen LogP contribution in [0.25, 0.3) is 0 Å². The molecule has 0 atom stereocenters. The standard InChI is InChI=1S/C16H19BrN2OS/c1-3-14-16(17)15(19(4-2)18-14)10-12(20)11-21-13-8-6-5-7-9-13/h5-9H,3-4,10-11H2,1-2H3. The van der Waals surface area contributed by atoms with E-state index in [1.165, 1.54) is 0 Å². The van der Waals surface area contributed by atoms with E-state index in [1.54, 1.807) is 11.8 Å². The lowest BCUT2D eigenvalue weighted by Crippen LogP contribution is -2.11. The third kappa shape index (κ3) is 4.20. The Balaban J connectivity index is 2.01. The van der Waals surface area contributed by atoms with E-state index in [9.17, 15) is 4.79 Å². The highest BCUT2D eigenvalue weighted by molar-refractivity contribution is 9.10. The molecule has 0 aliphatic rings. The van der Waals surface area contributed by atoms with Gasteiger partial charge in [0.25, 0.3) is 0 Å². The maximum absolute atomic E-state index is 12.2. The van der Waals surface area contributed by atoms with E-state index in [2.05, 4.69) is 28.0 Å². The van der Waals surface area contributed by atoms with Gasteiger partial charge in [-0.25, -0.2) is 0 Å². The maximum atomic E-state index is 12.2. The fourth-order valence-electron chi connectivity index (χ4n) is 2.10. The van der Waals surface area contributed by atoms with Gasteiger partial charge in [0.1, 0.15) is 5.78 Å². The van der Waals surface area contributed by atoms with Gasteiger partial charge in [-0.3, -0.25) is 9.48 Å². The maximum Gasteiger partial charge on any atom is 0.149 e. The molecule has 0 amide bonds. The first-order chi connectivity index (χ1) is 10.2. The van der Waals surface area contributed by atoms with E-state index < -0.39 is 0 Å². The number of benzene rings is 1. The van der Waals surface area contributed by atoms with Crippen molar-refractivity contribution in [2.75, 3.05) is 5.75 Å². The summed E-state index contributed by atoms with van der Waals surface area (Å²) in [5, 5.41) is 4.53. The molecule has 1 aromatic carbocycles. The molecule has 0 unspecified atom stereocenters. The molecule has 1 aromatic heterocycles. The van der Waals surface area contributed by atoms with Crippen LogP contribution in [-0.4, -0.2) is 21.3 Å². The summed E-state index contributed by atoms with van der Waals surface area (Å²) in [5.41, 5.74) is 2.02. The Labute approximate surface area is 138 Å². The largest absolute Gasteiger partial charge is 0.298 e. The van der Waals surface area contributed by atoms with Crippen molar-refractivity contribution < 1.29 is 4.79 Å². The number of nitrogens with zero attached hydrogens (tertiary/aromatic N) is 2. The second kappa shape index (κ2) is 7.80. The molecule has 3 nitrogen and oxygen atoms in total. The molecule has 0 saturated heterocycles. The van der Waals surface area contributed by atoms with Crippen LogP contribution in [0, 0.1) is 0 Å². The lowest BCUT2D eigenvalue weighted by Gasteiger charge is -2.05. The SMILES string of the molecule is CCc1nn(CC)c(CC(=O)CSc2ccccc2)c1Br. The van der Waals surface area contributed by atoms with Gasteiger partial charge in [-0.1, -0.05) is 25.1 Å². The first kappa shape index (κ1) is 16.3. The zero-order valence-corrected chi connectivity index (χ0v) is 14.7.